The van der Waals surface area contributed by atoms with Crippen LogP contribution in [0.25, 0.3) is 0 Å². The van der Waals surface area contributed by atoms with Crippen molar-refractivity contribution in [2.24, 2.45) is 5.92 Å². The van der Waals surface area contributed by atoms with Gasteiger partial charge in [0.2, 0.25) is 0 Å². The summed E-state index contributed by atoms with van der Waals surface area (Å²) in [6.45, 7) is 6.09. The first kappa shape index (κ1) is 15.5. The molecule has 0 bridgehead atoms. The van der Waals surface area contributed by atoms with Crippen molar-refractivity contribution in [1.82, 2.24) is 5.32 Å². The van der Waals surface area contributed by atoms with E-state index in [1.807, 2.05) is 12.1 Å². The average molecular weight is 269 g/mol. The lowest BCUT2D eigenvalue weighted by Gasteiger charge is -2.10. The van der Waals surface area contributed by atoms with Crippen LogP contribution in [0.3, 0.4) is 0 Å². The maximum Gasteiger partial charge on any atom is 0.0864 e. The van der Waals surface area contributed by atoms with Gasteiger partial charge in [-0.05, 0) is 30.2 Å². The van der Waals surface area contributed by atoms with Gasteiger partial charge in [0.15, 0.2) is 0 Å². The van der Waals surface area contributed by atoms with Gasteiger partial charge in [0, 0.05) is 17.2 Å². The molecule has 1 rings (SSSR count). The third-order valence-electron chi connectivity index (χ3n) is 2.43. The molecule has 0 amide bonds. The fourth-order valence-electron chi connectivity index (χ4n) is 1.50. The van der Waals surface area contributed by atoms with Crippen molar-refractivity contribution in [2.45, 2.75) is 31.4 Å². The van der Waals surface area contributed by atoms with Gasteiger partial charge in [0.25, 0.3) is 0 Å². The Morgan fingerprint density at radius 3 is 2.78 bits per heavy atom. The number of hydrogen-bond acceptors (Lipinski definition) is 4. The maximum absolute atomic E-state index is 9.31. The molecule has 1 unspecified atom stereocenters. The second-order valence-corrected chi connectivity index (χ2v) is 5.91. The standard InChI is InChI=1S/C14H23NO2S/c1-11(2)7-15-8-12-4-3-5-14(6-12)18-10-13(17)9-16/h3-6,11,13,15-17H,7-10H2,1-2H3. The lowest BCUT2D eigenvalue weighted by atomic mass is 10.2. The number of rotatable bonds is 8. The number of benzene rings is 1. The summed E-state index contributed by atoms with van der Waals surface area (Å²) >= 11 is 1.57. The average Bonchev–Trinajstić information content (AvgIpc) is 2.36. The molecule has 1 aromatic rings. The fourth-order valence-corrected chi connectivity index (χ4v) is 2.40. The van der Waals surface area contributed by atoms with Gasteiger partial charge < -0.3 is 15.5 Å². The highest BCUT2D eigenvalue weighted by Crippen LogP contribution is 2.20. The van der Waals surface area contributed by atoms with E-state index in [1.165, 1.54) is 5.56 Å². The van der Waals surface area contributed by atoms with Crippen molar-refractivity contribution < 1.29 is 10.2 Å². The van der Waals surface area contributed by atoms with Crippen LogP contribution in [-0.2, 0) is 6.54 Å². The molecule has 102 valence electrons. The van der Waals surface area contributed by atoms with Gasteiger partial charge in [-0.1, -0.05) is 26.0 Å². The molecule has 0 radical (unpaired) electrons. The molecule has 0 saturated heterocycles. The van der Waals surface area contributed by atoms with E-state index >= 15 is 0 Å². The first-order valence-electron chi connectivity index (χ1n) is 6.33. The van der Waals surface area contributed by atoms with Crippen molar-refractivity contribution in [2.75, 3.05) is 18.9 Å². The third kappa shape index (κ3) is 6.40. The summed E-state index contributed by atoms with van der Waals surface area (Å²) in [5.74, 6) is 1.18. The summed E-state index contributed by atoms with van der Waals surface area (Å²) in [6, 6.07) is 8.28. The maximum atomic E-state index is 9.31. The Balaban J connectivity index is 2.41. The summed E-state index contributed by atoms with van der Waals surface area (Å²) in [7, 11) is 0. The van der Waals surface area contributed by atoms with Crippen molar-refractivity contribution in [3.63, 3.8) is 0 Å². The first-order valence-corrected chi connectivity index (χ1v) is 7.31. The molecule has 1 atom stereocenters. The fraction of sp³-hybridized carbons (Fsp3) is 0.571. The Morgan fingerprint density at radius 2 is 2.11 bits per heavy atom. The molecule has 0 aliphatic carbocycles. The monoisotopic (exact) mass is 269 g/mol. The van der Waals surface area contributed by atoms with Crippen LogP contribution in [-0.4, -0.2) is 35.2 Å². The van der Waals surface area contributed by atoms with E-state index in [2.05, 4.69) is 31.3 Å². The molecule has 0 spiro atoms. The van der Waals surface area contributed by atoms with Crippen LogP contribution in [0.5, 0.6) is 0 Å². The lowest BCUT2D eigenvalue weighted by molar-refractivity contribution is 0.113. The van der Waals surface area contributed by atoms with Gasteiger partial charge in [-0.25, -0.2) is 0 Å². The number of thioether (sulfide) groups is 1. The molecule has 0 fully saturated rings. The zero-order valence-corrected chi connectivity index (χ0v) is 11.9. The highest BCUT2D eigenvalue weighted by Gasteiger charge is 2.03. The molecule has 1 aromatic carbocycles. The predicted octanol–water partition coefficient (Wildman–Crippen LogP) is 1.88. The summed E-state index contributed by atoms with van der Waals surface area (Å²) in [4.78, 5) is 1.13. The van der Waals surface area contributed by atoms with Crippen molar-refractivity contribution in [1.29, 1.82) is 0 Å². The molecule has 0 aromatic heterocycles. The SMILES string of the molecule is CC(C)CNCc1cccc(SCC(O)CO)c1. The third-order valence-corrected chi connectivity index (χ3v) is 3.57. The second-order valence-electron chi connectivity index (χ2n) is 4.82. The Kier molecular flexibility index (Phi) is 7.35. The van der Waals surface area contributed by atoms with Crippen LogP contribution in [0.4, 0.5) is 0 Å². The Bertz CT molecular complexity index is 344. The molecule has 4 heteroatoms. The largest absolute Gasteiger partial charge is 0.394 e. The molecule has 3 N–H and O–H groups in total. The number of hydrogen-bond donors (Lipinski definition) is 3. The number of aliphatic hydroxyl groups is 2. The van der Waals surface area contributed by atoms with E-state index < -0.39 is 6.10 Å². The second kappa shape index (κ2) is 8.53. The highest BCUT2D eigenvalue weighted by molar-refractivity contribution is 7.99. The van der Waals surface area contributed by atoms with E-state index in [0.29, 0.717) is 11.7 Å². The Labute approximate surface area is 114 Å². The van der Waals surface area contributed by atoms with E-state index in [1.54, 1.807) is 11.8 Å². The van der Waals surface area contributed by atoms with Crippen LogP contribution in [0.15, 0.2) is 29.2 Å². The molecular weight excluding hydrogens is 246 g/mol. The smallest absolute Gasteiger partial charge is 0.0864 e. The van der Waals surface area contributed by atoms with E-state index in [9.17, 15) is 5.11 Å². The minimum absolute atomic E-state index is 0.178. The van der Waals surface area contributed by atoms with Crippen LogP contribution in [0.1, 0.15) is 19.4 Å². The zero-order chi connectivity index (χ0) is 13.4. The van der Waals surface area contributed by atoms with E-state index in [-0.39, 0.29) is 6.61 Å². The van der Waals surface area contributed by atoms with Gasteiger partial charge in [-0.3, -0.25) is 0 Å². The Morgan fingerprint density at radius 1 is 1.33 bits per heavy atom. The van der Waals surface area contributed by atoms with Gasteiger partial charge in [-0.2, -0.15) is 0 Å². The van der Waals surface area contributed by atoms with Crippen LogP contribution in [0, 0.1) is 5.92 Å². The highest BCUT2D eigenvalue weighted by atomic mass is 32.2. The van der Waals surface area contributed by atoms with Gasteiger partial charge in [-0.15, -0.1) is 11.8 Å². The first-order chi connectivity index (χ1) is 8.61. The summed E-state index contributed by atoms with van der Waals surface area (Å²) in [6.07, 6.45) is -0.641. The van der Waals surface area contributed by atoms with Crippen molar-refractivity contribution in [3.05, 3.63) is 29.8 Å². The van der Waals surface area contributed by atoms with Crippen LogP contribution >= 0.6 is 11.8 Å². The summed E-state index contributed by atoms with van der Waals surface area (Å²) < 4.78 is 0. The van der Waals surface area contributed by atoms with E-state index in [4.69, 9.17) is 5.11 Å². The van der Waals surface area contributed by atoms with Gasteiger partial charge >= 0.3 is 0 Å². The number of nitrogens with one attached hydrogen (secondary N) is 1. The molecule has 0 aliphatic heterocycles. The normalized spacial score (nSPS) is 12.9. The summed E-state index contributed by atoms with van der Waals surface area (Å²) in [5.41, 5.74) is 1.25. The lowest BCUT2D eigenvalue weighted by Crippen LogP contribution is -2.18. The van der Waals surface area contributed by atoms with Gasteiger partial charge in [0.1, 0.15) is 0 Å². The Hall–Kier alpha value is -0.550. The number of aliphatic hydroxyl groups excluding tert-OH is 2. The molecule has 0 heterocycles. The quantitative estimate of drug-likeness (QED) is 0.631. The van der Waals surface area contributed by atoms with Crippen LogP contribution in [0.2, 0.25) is 0 Å². The zero-order valence-electron chi connectivity index (χ0n) is 11.1. The van der Waals surface area contributed by atoms with Crippen molar-refractivity contribution in [3.8, 4) is 0 Å². The predicted molar refractivity (Wildman–Crippen MR) is 76.8 cm³/mol. The van der Waals surface area contributed by atoms with Crippen molar-refractivity contribution >= 4 is 11.8 Å². The van der Waals surface area contributed by atoms with E-state index in [0.717, 1.165) is 18.0 Å². The molecule has 3 nitrogen and oxygen atoms in total. The van der Waals surface area contributed by atoms with Gasteiger partial charge in [0.05, 0.1) is 12.7 Å². The molecular formula is C14H23NO2S. The molecule has 0 aliphatic rings. The topological polar surface area (TPSA) is 52.5 Å². The minimum atomic E-state index is -0.641. The minimum Gasteiger partial charge on any atom is -0.394 e. The molecule has 0 saturated carbocycles. The van der Waals surface area contributed by atoms with Crippen LogP contribution < -0.4 is 5.32 Å². The molecule has 18 heavy (non-hydrogen) atoms. The summed E-state index contributed by atoms with van der Waals surface area (Å²) in [5, 5.41) is 21.5.